The number of rotatable bonds is 2. The van der Waals surface area contributed by atoms with Gasteiger partial charge in [-0.15, -0.1) is 0 Å². The Hall–Kier alpha value is -4.04. The van der Waals surface area contributed by atoms with Gasteiger partial charge in [0.1, 0.15) is 18.2 Å². The molecule has 0 unspecified atom stereocenters. The van der Waals surface area contributed by atoms with Gasteiger partial charge in [-0.25, -0.2) is 13.3 Å². The smallest absolute Gasteiger partial charge is 0.262 e. The van der Waals surface area contributed by atoms with Crippen LogP contribution < -0.4 is 4.57 Å². The van der Waals surface area contributed by atoms with Crippen LogP contribution in [0.5, 0.6) is 0 Å². The van der Waals surface area contributed by atoms with Crippen molar-refractivity contribution in [2.24, 2.45) is 12.5 Å². The van der Waals surface area contributed by atoms with Crippen LogP contribution in [0.3, 0.4) is 0 Å². The normalized spacial score (nSPS) is 18.1. The summed E-state index contributed by atoms with van der Waals surface area (Å²) in [5.41, 5.74) is 4.41. The van der Waals surface area contributed by atoms with Gasteiger partial charge in [-0.3, -0.25) is 0 Å². The number of hydrogen-bond donors (Lipinski definition) is 0. The molecule has 2 aromatic heterocycles. The standard InChI is InChI=1S/C40H43F2N2O/c1-23-15-17-25-26-18-16-24(22-43)31(35(26)45-34(25)30(23)29-14-12-13-21-44(29)11)27-19-20-28(36(2,3)4)33-32(27)38(7,8)40(41,42)39(9,10)37(33,5)6/h12-21H,1-11H3/q+1. The molecule has 3 nitrogen and oxygen atoms in total. The second-order valence-corrected chi connectivity index (χ2v) is 15.5. The van der Waals surface area contributed by atoms with Gasteiger partial charge in [0.05, 0.1) is 22.6 Å². The maximum atomic E-state index is 17.0. The van der Waals surface area contributed by atoms with E-state index in [-0.39, 0.29) is 5.41 Å². The number of alkyl halides is 2. The van der Waals surface area contributed by atoms with Gasteiger partial charge >= 0.3 is 0 Å². The lowest BCUT2D eigenvalue weighted by Gasteiger charge is -2.59. The van der Waals surface area contributed by atoms with Crippen LogP contribution in [-0.2, 0) is 23.3 Å². The molecule has 6 rings (SSSR count). The van der Waals surface area contributed by atoms with Crippen LogP contribution in [0.1, 0.15) is 90.1 Å². The van der Waals surface area contributed by atoms with Crippen molar-refractivity contribution in [2.75, 3.05) is 0 Å². The first-order chi connectivity index (χ1) is 20.8. The van der Waals surface area contributed by atoms with Gasteiger partial charge in [-0.2, -0.15) is 5.26 Å². The first kappa shape index (κ1) is 31.0. The third-order valence-corrected chi connectivity index (χ3v) is 11.1. The highest BCUT2D eigenvalue weighted by Gasteiger charge is 2.68. The number of aromatic nitrogens is 1. The van der Waals surface area contributed by atoms with Crippen molar-refractivity contribution < 1.29 is 17.8 Å². The lowest BCUT2D eigenvalue weighted by molar-refractivity contribution is -0.660. The van der Waals surface area contributed by atoms with Crippen molar-refractivity contribution in [3.63, 3.8) is 0 Å². The predicted octanol–water partition coefficient (Wildman–Crippen LogP) is 10.5. The maximum absolute atomic E-state index is 17.0. The number of nitrogens with zero attached hydrogens (tertiary/aromatic N) is 2. The van der Waals surface area contributed by atoms with Crippen LogP contribution in [0.25, 0.3) is 44.3 Å². The van der Waals surface area contributed by atoms with Crippen molar-refractivity contribution in [2.45, 2.75) is 91.4 Å². The second-order valence-electron chi connectivity index (χ2n) is 15.5. The number of fused-ring (bicyclic) bond motifs is 4. The average Bonchev–Trinajstić information content (AvgIpc) is 3.33. The SMILES string of the molecule is Cc1ccc2c(oc3c(-c4ccc(C(C)(C)C)c5c4C(C)(C)C(F)(F)C(C)(C)C5(C)C)c(C#N)ccc32)c1-c1cccc[n+]1C. The Labute approximate surface area is 265 Å². The van der Waals surface area contributed by atoms with E-state index in [4.69, 9.17) is 4.42 Å². The van der Waals surface area contributed by atoms with Crippen molar-refractivity contribution >= 4 is 21.9 Å². The summed E-state index contributed by atoms with van der Waals surface area (Å²) in [4.78, 5) is 0. The van der Waals surface area contributed by atoms with Crippen LogP contribution in [0.4, 0.5) is 8.78 Å². The minimum absolute atomic E-state index is 0.292. The summed E-state index contributed by atoms with van der Waals surface area (Å²) in [5.74, 6) is -3.07. The number of halogens is 2. The van der Waals surface area contributed by atoms with Gasteiger partial charge < -0.3 is 4.42 Å². The summed E-state index contributed by atoms with van der Waals surface area (Å²) in [6.07, 6.45) is 2.00. The summed E-state index contributed by atoms with van der Waals surface area (Å²) in [6.45, 7) is 19.1. The van der Waals surface area contributed by atoms with E-state index in [2.05, 4.69) is 62.6 Å². The largest absolute Gasteiger partial charge is 0.454 e. The van der Waals surface area contributed by atoms with Gasteiger partial charge in [-0.05, 0) is 72.2 Å². The van der Waals surface area contributed by atoms with Crippen LogP contribution in [-0.4, -0.2) is 5.92 Å². The molecule has 1 aliphatic rings. The molecular weight excluding hydrogens is 562 g/mol. The van der Waals surface area contributed by atoms with Gasteiger partial charge in [-0.1, -0.05) is 72.7 Å². The Morgan fingerprint density at radius 3 is 2.00 bits per heavy atom. The van der Waals surface area contributed by atoms with E-state index in [9.17, 15) is 5.26 Å². The van der Waals surface area contributed by atoms with Gasteiger partial charge in [0.2, 0.25) is 5.69 Å². The molecule has 3 aromatic carbocycles. The highest BCUT2D eigenvalue weighted by atomic mass is 19.3. The molecule has 0 N–H and O–H groups in total. The molecule has 1 aliphatic carbocycles. The van der Waals surface area contributed by atoms with E-state index in [0.717, 1.165) is 44.3 Å². The van der Waals surface area contributed by atoms with Crippen molar-refractivity contribution in [1.29, 1.82) is 5.26 Å². The highest BCUT2D eigenvalue weighted by Crippen LogP contribution is 2.66. The highest BCUT2D eigenvalue weighted by molar-refractivity contribution is 6.14. The van der Waals surface area contributed by atoms with E-state index in [1.54, 1.807) is 27.7 Å². The number of aryl methyl sites for hydroxylation is 2. The molecule has 0 radical (unpaired) electrons. The molecule has 2 heterocycles. The fourth-order valence-corrected chi connectivity index (χ4v) is 7.84. The number of hydrogen-bond acceptors (Lipinski definition) is 2. The average molecular weight is 606 g/mol. The summed E-state index contributed by atoms with van der Waals surface area (Å²) in [7, 11) is 2.00. The third-order valence-electron chi connectivity index (χ3n) is 11.1. The van der Waals surface area contributed by atoms with E-state index < -0.39 is 22.2 Å². The van der Waals surface area contributed by atoms with Crippen LogP contribution in [0.2, 0.25) is 0 Å². The molecule has 5 heteroatoms. The zero-order valence-electron chi connectivity index (χ0n) is 28.3. The van der Waals surface area contributed by atoms with Gasteiger partial charge in [0.25, 0.3) is 5.92 Å². The predicted molar refractivity (Wildman–Crippen MR) is 179 cm³/mol. The maximum Gasteiger partial charge on any atom is 0.262 e. The zero-order chi connectivity index (χ0) is 33.1. The Bertz CT molecular complexity index is 2080. The summed E-state index contributed by atoms with van der Waals surface area (Å²) >= 11 is 0. The molecule has 0 aliphatic heterocycles. The van der Waals surface area contributed by atoms with Crippen molar-refractivity contribution in [3.05, 3.63) is 88.6 Å². The fourth-order valence-electron chi connectivity index (χ4n) is 7.84. The molecule has 0 fully saturated rings. The summed E-state index contributed by atoms with van der Waals surface area (Å²) < 4.78 is 42.8. The third kappa shape index (κ3) is 3.94. The number of benzene rings is 3. The van der Waals surface area contributed by atoms with Crippen molar-refractivity contribution in [3.8, 4) is 28.5 Å². The van der Waals surface area contributed by atoms with E-state index in [1.165, 1.54) is 0 Å². The first-order valence-corrected chi connectivity index (χ1v) is 15.7. The Morgan fingerprint density at radius 2 is 1.40 bits per heavy atom. The molecule has 0 amide bonds. The zero-order valence-corrected chi connectivity index (χ0v) is 28.3. The topological polar surface area (TPSA) is 40.8 Å². The molecule has 0 spiro atoms. The summed E-state index contributed by atoms with van der Waals surface area (Å²) in [6, 6.07) is 20.4. The molecule has 45 heavy (non-hydrogen) atoms. The monoisotopic (exact) mass is 605 g/mol. The van der Waals surface area contributed by atoms with E-state index in [1.807, 2.05) is 57.4 Å². The molecule has 0 atom stereocenters. The molecule has 0 bridgehead atoms. The lowest BCUT2D eigenvalue weighted by Crippen LogP contribution is -2.63. The minimum Gasteiger partial charge on any atom is -0.454 e. The van der Waals surface area contributed by atoms with Crippen molar-refractivity contribution in [1.82, 2.24) is 0 Å². The second kappa shape index (κ2) is 9.49. The Kier molecular flexibility index (Phi) is 6.53. The Morgan fingerprint density at radius 1 is 0.778 bits per heavy atom. The van der Waals surface area contributed by atoms with Crippen LogP contribution >= 0.6 is 0 Å². The molecule has 5 aromatic rings. The molecular formula is C40H43F2N2O+. The molecule has 0 saturated heterocycles. The summed E-state index contributed by atoms with van der Waals surface area (Å²) in [5, 5.41) is 12.3. The number of pyridine rings is 1. The van der Waals surface area contributed by atoms with Crippen LogP contribution in [0.15, 0.2) is 65.2 Å². The van der Waals surface area contributed by atoms with Crippen LogP contribution in [0, 0.1) is 23.7 Å². The lowest BCUT2D eigenvalue weighted by atomic mass is 9.47. The quantitative estimate of drug-likeness (QED) is 0.188. The van der Waals surface area contributed by atoms with Gasteiger partial charge in [0.15, 0.2) is 6.20 Å². The fraction of sp³-hybridized carbons (Fsp3) is 0.400. The first-order valence-electron chi connectivity index (χ1n) is 15.7. The molecule has 232 valence electrons. The minimum atomic E-state index is -3.07. The molecule has 0 saturated carbocycles. The number of furan rings is 1. The van der Waals surface area contributed by atoms with E-state index >= 15 is 8.78 Å². The van der Waals surface area contributed by atoms with E-state index in [0.29, 0.717) is 27.8 Å². The Balaban J connectivity index is 1.82. The number of nitriles is 1. The van der Waals surface area contributed by atoms with Gasteiger partial charge in [0, 0.05) is 39.3 Å².